The minimum Gasteiger partial charge on any atom is -0.175 e. The SMILES string of the molecule is CCCCCCCc1ccccc1CS. The lowest BCUT2D eigenvalue weighted by atomic mass is 10.0. The van der Waals surface area contributed by atoms with E-state index in [1.54, 1.807) is 0 Å². The Balaban J connectivity index is 2.30. The zero-order chi connectivity index (χ0) is 10.9. The van der Waals surface area contributed by atoms with Crippen molar-refractivity contribution < 1.29 is 0 Å². The first-order valence-corrected chi connectivity index (χ1v) is 6.69. The molecule has 0 amide bonds. The molecule has 0 aliphatic rings. The molecule has 0 N–H and O–H groups in total. The number of aryl methyl sites for hydroxylation is 1. The normalized spacial score (nSPS) is 10.5. The molecule has 0 aliphatic carbocycles. The maximum absolute atomic E-state index is 4.36. The van der Waals surface area contributed by atoms with Gasteiger partial charge in [0.15, 0.2) is 0 Å². The molecule has 0 fully saturated rings. The van der Waals surface area contributed by atoms with E-state index in [4.69, 9.17) is 0 Å². The van der Waals surface area contributed by atoms with E-state index in [1.165, 1.54) is 49.7 Å². The average Bonchev–Trinajstić information content (AvgIpc) is 2.29. The summed E-state index contributed by atoms with van der Waals surface area (Å²) >= 11 is 4.36. The Bertz CT molecular complexity index is 268. The molecule has 84 valence electrons. The van der Waals surface area contributed by atoms with Gasteiger partial charge < -0.3 is 0 Å². The van der Waals surface area contributed by atoms with Crippen molar-refractivity contribution in [2.24, 2.45) is 0 Å². The molecule has 0 bridgehead atoms. The predicted molar refractivity (Wildman–Crippen MR) is 71.6 cm³/mol. The standard InChI is InChI=1S/C14H22S/c1-2-3-4-5-6-9-13-10-7-8-11-14(13)12-15/h7-8,10-11,15H,2-6,9,12H2,1H3. The topological polar surface area (TPSA) is 0 Å². The molecule has 0 nitrogen and oxygen atoms in total. The molecule has 0 radical (unpaired) electrons. The van der Waals surface area contributed by atoms with Crippen LogP contribution in [0.25, 0.3) is 0 Å². The van der Waals surface area contributed by atoms with Crippen molar-refractivity contribution in [3.8, 4) is 0 Å². The van der Waals surface area contributed by atoms with Crippen LogP contribution in [0.2, 0.25) is 0 Å². The molecule has 0 spiro atoms. The van der Waals surface area contributed by atoms with Crippen molar-refractivity contribution in [1.82, 2.24) is 0 Å². The van der Waals surface area contributed by atoms with E-state index in [1.807, 2.05) is 0 Å². The molecule has 0 unspecified atom stereocenters. The lowest BCUT2D eigenvalue weighted by molar-refractivity contribution is 0.631. The van der Waals surface area contributed by atoms with Crippen molar-refractivity contribution >= 4 is 12.6 Å². The van der Waals surface area contributed by atoms with Crippen molar-refractivity contribution in [2.45, 2.75) is 51.2 Å². The maximum Gasteiger partial charge on any atom is 0.0157 e. The zero-order valence-corrected chi connectivity index (χ0v) is 10.6. The molecule has 1 heteroatoms. The third kappa shape index (κ3) is 4.74. The minimum absolute atomic E-state index is 0.866. The van der Waals surface area contributed by atoms with Crippen molar-refractivity contribution in [3.63, 3.8) is 0 Å². The van der Waals surface area contributed by atoms with Crippen molar-refractivity contribution in [1.29, 1.82) is 0 Å². The van der Waals surface area contributed by atoms with Gasteiger partial charge in [0, 0.05) is 5.75 Å². The number of benzene rings is 1. The monoisotopic (exact) mass is 222 g/mol. The molecule has 15 heavy (non-hydrogen) atoms. The Morgan fingerprint density at radius 2 is 1.60 bits per heavy atom. The average molecular weight is 222 g/mol. The van der Waals surface area contributed by atoms with Crippen LogP contribution in [0, 0.1) is 0 Å². The number of hydrogen-bond acceptors (Lipinski definition) is 1. The largest absolute Gasteiger partial charge is 0.175 e. The lowest BCUT2D eigenvalue weighted by Crippen LogP contribution is -1.91. The summed E-state index contributed by atoms with van der Waals surface area (Å²) in [5.74, 6) is 0.866. The van der Waals surface area contributed by atoms with Gasteiger partial charge in [-0.15, -0.1) is 0 Å². The fraction of sp³-hybridized carbons (Fsp3) is 0.571. The molecule has 0 atom stereocenters. The van der Waals surface area contributed by atoms with E-state index < -0.39 is 0 Å². The first-order valence-electron chi connectivity index (χ1n) is 6.06. The van der Waals surface area contributed by atoms with Crippen LogP contribution in [0.4, 0.5) is 0 Å². The summed E-state index contributed by atoms with van der Waals surface area (Å²) in [6.07, 6.45) is 8.01. The van der Waals surface area contributed by atoms with E-state index in [0.29, 0.717) is 0 Å². The van der Waals surface area contributed by atoms with Gasteiger partial charge in [0.05, 0.1) is 0 Å². The summed E-state index contributed by atoms with van der Waals surface area (Å²) < 4.78 is 0. The Morgan fingerprint density at radius 3 is 2.27 bits per heavy atom. The number of unbranched alkanes of at least 4 members (excludes halogenated alkanes) is 4. The van der Waals surface area contributed by atoms with Gasteiger partial charge in [-0.2, -0.15) is 12.6 Å². The van der Waals surface area contributed by atoms with Crippen LogP contribution in [0.15, 0.2) is 24.3 Å². The van der Waals surface area contributed by atoms with Gasteiger partial charge in [-0.1, -0.05) is 56.9 Å². The van der Waals surface area contributed by atoms with E-state index in [-0.39, 0.29) is 0 Å². The van der Waals surface area contributed by atoms with Gasteiger partial charge >= 0.3 is 0 Å². The smallest absolute Gasteiger partial charge is 0.0157 e. The first-order chi connectivity index (χ1) is 7.38. The minimum atomic E-state index is 0.866. The second-order valence-electron chi connectivity index (χ2n) is 4.09. The molecule has 0 aliphatic heterocycles. The van der Waals surface area contributed by atoms with Gasteiger partial charge in [0.25, 0.3) is 0 Å². The Morgan fingerprint density at radius 1 is 0.933 bits per heavy atom. The predicted octanol–water partition coefficient (Wildman–Crippen LogP) is 4.63. The fourth-order valence-electron chi connectivity index (χ4n) is 1.87. The van der Waals surface area contributed by atoms with Gasteiger partial charge in [0.2, 0.25) is 0 Å². The Kier molecular flexibility index (Phi) is 6.58. The fourth-order valence-corrected chi connectivity index (χ4v) is 2.18. The first kappa shape index (κ1) is 12.6. The second kappa shape index (κ2) is 7.81. The number of thiol groups is 1. The molecule has 1 aromatic rings. The number of hydrogen-bond donors (Lipinski definition) is 1. The molecule has 0 heterocycles. The van der Waals surface area contributed by atoms with Crippen LogP contribution < -0.4 is 0 Å². The van der Waals surface area contributed by atoms with Crippen LogP contribution in [0.5, 0.6) is 0 Å². The van der Waals surface area contributed by atoms with Crippen molar-refractivity contribution in [3.05, 3.63) is 35.4 Å². The highest BCUT2D eigenvalue weighted by molar-refractivity contribution is 7.79. The second-order valence-corrected chi connectivity index (χ2v) is 4.41. The quantitative estimate of drug-likeness (QED) is 0.505. The third-order valence-corrected chi connectivity index (χ3v) is 3.18. The van der Waals surface area contributed by atoms with Crippen LogP contribution in [-0.4, -0.2) is 0 Å². The summed E-state index contributed by atoms with van der Waals surface area (Å²) in [7, 11) is 0. The highest BCUT2D eigenvalue weighted by atomic mass is 32.1. The van der Waals surface area contributed by atoms with E-state index in [9.17, 15) is 0 Å². The van der Waals surface area contributed by atoms with Crippen LogP contribution in [0.1, 0.15) is 50.2 Å². The van der Waals surface area contributed by atoms with E-state index in [0.717, 1.165) is 5.75 Å². The lowest BCUT2D eigenvalue weighted by Gasteiger charge is -2.06. The summed E-state index contributed by atoms with van der Waals surface area (Å²) in [5.41, 5.74) is 2.89. The van der Waals surface area contributed by atoms with Crippen molar-refractivity contribution in [2.75, 3.05) is 0 Å². The van der Waals surface area contributed by atoms with Crippen LogP contribution in [0.3, 0.4) is 0 Å². The van der Waals surface area contributed by atoms with Crippen LogP contribution in [-0.2, 0) is 12.2 Å². The molecule has 0 aromatic heterocycles. The summed E-state index contributed by atoms with van der Waals surface area (Å²) in [4.78, 5) is 0. The molecule has 1 rings (SSSR count). The highest BCUT2D eigenvalue weighted by Crippen LogP contribution is 2.15. The van der Waals surface area contributed by atoms with E-state index in [2.05, 4.69) is 43.8 Å². The van der Waals surface area contributed by atoms with Gasteiger partial charge in [-0.05, 0) is 24.0 Å². The Hall–Kier alpha value is -0.430. The van der Waals surface area contributed by atoms with E-state index >= 15 is 0 Å². The van der Waals surface area contributed by atoms with Crippen LogP contribution >= 0.6 is 12.6 Å². The molecule has 0 saturated carbocycles. The number of rotatable bonds is 7. The summed E-state index contributed by atoms with van der Waals surface area (Å²) in [6.45, 7) is 2.26. The maximum atomic E-state index is 4.36. The summed E-state index contributed by atoms with van der Waals surface area (Å²) in [5, 5.41) is 0. The molecule has 0 saturated heterocycles. The van der Waals surface area contributed by atoms with Gasteiger partial charge in [-0.3, -0.25) is 0 Å². The van der Waals surface area contributed by atoms with Gasteiger partial charge in [-0.25, -0.2) is 0 Å². The molecule has 1 aromatic carbocycles. The third-order valence-electron chi connectivity index (χ3n) is 2.84. The zero-order valence-electron chi connectivity index (χ0n) is 9.71. The molecular formula is C14H22S. The Labute approximate surface area is 99.5 Å². The van der Waals surface area contributed by atoms with Gasteiger partial charge in [0.1, 0.15) is 0 Å². The highest BCUT2D eigenvalue weighted by Gasteiger charge is 1.99. The molecular weight excluding hydrogens is 200 g/mol. The summed E-state index contributed by atoms with van der Waals surface area (Å²) in [6, 6.07) is 8.67.